The van der Waals surface area contributed by atoms with Crippen LogP contribution in [0, 0.1) is 10.1 Å². The van der Waals surface area contributed by atoms with Crippen molar-refractivity contribution in [3.05, 3.63) is 34.4 Å². The van der Waals surface area contributed by atoms with E-state index in [2.05, 4.69) is 17.3 Å². The van der Waals surface area contributed by atoms with Gasteiger partial charge >= 0.3 is 79.9 Å². The maximum absolute atomic E-state index is 10.4. The van der Waals surface area contributed by atoms with Gasteiger partial charge in [0.2, 0.25) is 0 Å². The summed E-state index contributed by atoms with van der Waals surface area (Å²) in [6, 6.07) is 6.95. The molecule has 0 aliphatic heterocycles. The fourth-order valence-corrected chi connectivity index (χ4v) is 3.53. The van der Waals surface area contributed by atoms with Crippen LogP contribution in [-0.2, 0) is 0 Å². The van der Waals surface area contributed by atoms with E-state index >= 15 is 0 Å². The van der Waals surface area contributed by atoms with E-state index in [1.54, 1.807) is 12.1 Å². The number of rotatable bonds is 2. The third-order valence-electron chi connectivity index (χ3n) is 1.94. The minimum absolute atomic E-state index is 0.176. The molecule has 1 aromatic carbocycles. The van der Waals surface area contributed by atoms with Crippen LogP contribution in [0.3, 0.4) is 0 Å². The van der Waals surface area contributed by atoms with Gasteiger partial charge in [-0.1, -0.05) is 0 Å². The summed E-state index contributed by atoms with van der Waals surface area (Å²) in [6.07, 6.45) is 0. The van der Waals surface area contributed by atoms with Gasteiger partial charge in [-0.15, -0.1) is 0 Å². The fraction of sp³-hybridized carbons (Fsp3) is 0.333. The first-order chi connectivity index (χ1) is 5.91. The zero-order valence-corrected chi connectivity index (χ0v) is 10.2. The van der Waals surface area contributed by atoms with Gasteiger partial charge in [0, 0.05) is 0 Å². The van der Waals surface area contributed by atoms with Crippen molar-refractivity contribution in [2.45, 2.75) is 17.3 Å². The molecule has 0 unspecified atom stereocenters. The van der Waals surface area contributed by atoms with E-state index in [1.165, 1.54) is 4.40 Å². The third-order valence-corrected chi connectivity index (χ3v) is 6.28. The van der Waals surface area contributed by atoms with Crippen LogP contribution in [0.1, 0.15) is 0 Å². The molecule has 0 bridgehead atoms. The van der Waals surface area contributed by atoms with Crippen LogP contribution in [0.15, 0.2) is 24.3 Å². The summed E-state index contributed by atoms with van der Waals surface area (Å²) >= 11 is -1.79. The van der Waals surface area contributed by atoms with Crippen molar-refractivity contribution in [2.24, 2.45) is 0 Å². The summed E-state index contributed by atoms with van der Waals surface area (Å²) < 4.78 is 1.30. The topological polar surface area (TPSA) is 43.1 Å². The molecular formula is C9H13GeNO2. The van der Waals surface area contributed by atoms with Gasteiger partial charge in [0.1, 0.15) is 0 Å². The summed E-state index contributed by atoms with van der Waals surface area (Å²) in [6.45, 7) is 0. The number of nitro groups is 1. The van der Waals surface area contributed by atoms with E-state index in [4.69, 9.17) is 0 Å². The van der Waals surface area contributed by atoms with Crippen molar-refractivity contribution in [3.8, 4) is 0 Å². The molecule has 0 aliphatic rings. The summed E-state index contributed by atoms with van der Waals surface area (Å²) in [5.74, 6) is 6.80. The first-order valence-corrected chi connectivity index (χ1v) is 11.5. The Balaban J connectivity index is 3.01. The Kier molecular flexibility index (Phi) is 2.75. The van der Waals surface area contributed by atoms with E-state index in [0.29, 0.717) is 0 Å². The summed E-state index contributed by atoms with van der Waals surface area (Å²) in [4.78, 5) is 10.0. The molecule has 0 fully saturated rings. The Hall–Kier alpha value is -0.837. The van der Waals surface area contributed by atoms with Crippen molar-refractivity contribution in [2.75, 3.05) is 0 Å². The van der Waals surface area contributed by atoms with Gasteiger partial charge in [-0.05, 0) is 0 Å². The van der Waals surface area contributed by atoms with Gasteiger partial charge in [0.25, 0.3) is 0 Å². The van der Waals surface area contributed by atoms with E-state index in [9.17, 15) is 10.1 Å². The minimum atomic E-state index is -1.79. The molecule has 0 heterocycles. The normalized spacial score (nSPS) is 11.3. The zero-order chi connectivity index (χ0) is 10.1. The Morgan fingerprint density at radius 2 is 1.62 bits per heavy atom. The van der Waals surface area contributed by atoms with Crippen molar-refractivity contribution >= 4 is 23.3 Å². The van der Waals surface area contributed by atoms with E-state index in [0.717, 1.165) is 0 Å². The number of benzene rings is 1. The van der Waals surface area contributed by atoms with Crippen molar-refractivity contribution < 1.29 is 4.92 Å². The first-order valence-electron chi connectivity index (χ1n) is 4.16. The Morgan fingerprint density at radius 1 is 1.15 bits per heavy atom. The summed E-state index contributed by atoms with van der Waals surface area (Å²) in [5.41, 5.74) is 0.176. The molecule has 70 valence electrons. The van der Waals surface area contributed by atoms with Crippen molar-refractivity contribution in [1.29, 1.82) is 0 Å². The molecule has 1 rings (SSSR count). The Morgan fingerprint density at radius 3 is 1.92 bits per heavy atom. The summed E-state index contributed by atoms with van der Waals surface area (Å²) in [7, 11) is 0. The first kappa shape index (κ1) is 10.2. The van der Waals surface area contributed by atoms with Crippen LogP contribution in [0.5, 0.6) is 0 Å². The molecule has 0 saturated heterocycles. The van der Waals surface area contributed by atoms with Gasteiger partial charge in [-0.3, -0.25) is 0 Å². The molecule has 0 saturated carbocycles. The molecule has 3 nitrogen and oxygen atoms in total. The van der Waals surface area contributed by atoms with Gasteiger partial charge in [0.15, 0.2) is 0 Å². The predicted octanol–water partition coefficient (Wildman–Crippen LogP) is 2.14. The van der Waals surface area contributed by atoms with Crippen LogP contribution in [0.4, 0.5) is 5.69 Å². The van der Waals surface area contributed by atoms with Gasteiger partial charge < -0.3 is 0 Å². The molecular weight excluding hydrogens is 227 g/mol. The van der Waals surface area contributed by atoms with Crippen molar-refractivity contribution in [1.82, 2.24) is 0 Å². The molecule has 1 aromatic rings. The Labute approximate surface area is 80.3 Å². The Bertz CT molecular complexity index is 313. The summed E-state index contributed by atoms with van der Waals surface area (Å²) in [5, 5.41) is 10.4. The third kappa shape index (κ3) is 2.55. The molecule has 0 aromatic heterocycles. The average molecular weight is 240 g/mol. The quantitative estimate of drug-likeness (QED) is 0.451. The number of non-ortho nitro benzene ring substituents is 1. The molecule has 0 atom stereocenters. The van der Waals surface area contributed by atoms with Gasteiger partial charge in [-0.25, -0.2) is 0 Å². The number of hydrogen-bond acceptors (Lipinski definition) is 2. The molecule has 4 heteroatoms. The van der Waals surface area contributed by atoms with Crippen molar-refractivity contribution in [3.63, 3.8) is 0 Å². The molecule has 0 aliphatic carbocycles. The standard InChI is InChI=1S/C9H13GeNO2/c1-10(2,3)8-4-6-9(7-5-8)11(12)13/h4-7H,1-3H3. The second-order valence-corrected chi connectivity index (χ2v) is 14.7. The molecule has 0 spiro atoms. The van der Waals surface area contributed by atoms with Crippen LogP contribution in [0.25, 0.3) is 0 Å². The second kappa shape index (κ2) is 3.49. The van der Waals surface area contributed by atoms with Crippen LogP contribution >= 0.6 is 0 Å². The van der Waals surface area contributed by atoms with Crippen LogP contribution in [-0.4, -0.2) is 18.2 Å². The number of nitro benzene ring substituents is 1. The number of hydrogen-bond donors (Lipinski definition) is 0. The predicted molar refractivity (Wildman–Crippen MR) is 56.1 cm³/mol. The van der Waals surface area contributed by atoms with E-state index < -0.39 is 13.3 Å². The molecule has 13 heavy (non-hydrogen) atoms. The van der Waals surface area contributed by atoms with Crippen LogP contribution in [0.2, 0.25) is 17.3 Å². The van der Waals surface area contributed by atoms with Gasteiger partial charge in [-0.2, -0.15) is 0 Å². The van der Waals surface area contributed by atoms with E-state index in [-0.39, 0.29) is 10.6 Å². The zero-order valence-electron chi connectivity index (χ0n) is 8.07. The average Bonchev–Trinajstić information content (AvgIpc) is 2.03. The van der Waals surface area contributed by atoms with Crippen LogP contribution < -0.4 is 4.40 Å². The fourth-order valence-electron chi connectivity index (χ4n) is 1.08. The maximum atomic E-state index is 10.4. The van der Waals surface area contributed by atoms with E-state index in [1.807, 2.05) is 12.1 Å². The molecule has 0 amide bonds. The second-order valence-electron chi connectivity index (χ2n) is 4.05. The van der Waals surface area contributed by atoms with Gasteiger partial charge in [0.05, 0.1) is 0 Å². The number of nitrogens with zero attached hydrogens (tertiary/aromatic N) is 1. The monoisotopic (exact) mass is 241 g/mol. The molecule has 0 N–H and O–H groups in total. The SMILES string of the molecule is [CH3][Ge]([CH3])([CH3])[c]1ccc([N+](=O)[O-])cc1. The molecule has 0 radical (unpaired) electrons.